The Hall–Kier alpha value is -3.00. The van der Waals surface area contributed by atoms with Crippen LogP contribution in [0.5, 0.6) is 0 Å². The van der Waals surface area contributed by atoms with Crippen LogP contribution < -0.4 is 10.6 Å². The highest BCUT2D eigenvalue weighted by atomic mass is 16.2. The molecule has 28 heavy (non-hydrogen) atoms. The molecule has 8 nitrogen and oxygen atoms in total. The number of hydrogen-bond acceptors (Lipinski definition) is 6. The highest BCUT2D eigenvalue weighted by molar-refractivity contribution is 5.87. The Morgan fingerprint density at radius 1 is 1.14 bits per heavy atom. The van der Waals surface area contributed by atoms with Gasteiger partial charge in [0.1, 0.15) is 11.6 Å². The van der Waals surface area contributed by atoms with Crippen LogP contribution in [0.2, 0.25) is 0 Å². The predicted molar refractivity (Wildman–Crippen MR) is 108 cm³/mol. The zero-order valence-corrected chi connectivity index (χ0v) is 16.2. The molecule has 3 heterocycles. The molecule has 146 valence electrons. The molecule has 1 aromatic carbocycles. The molecule has 1 aliphatic rings. The summed E-state index contributed by atoms with van der Waals surface area (Å²) in [6.07, 6.45) is 2.13. The number of carbonyl (C=O) groups is 1. The van der Waals surface area contributed by atoms with E-state index < -0.39 is 0 Å². The minimum absolute atomic E-state index is 0.0985. The molecule has 1 atom stereocenters. The number of nitrogens with two attached hydrogens (primary N) is 1. The highest BCUT2D eigenvalue weighted by Gasteiger charge is 2.25. The minimum atomic E-state index is -0.272. The SMILES string of the molecule is Cc1nc(N2CCN(C(=O)CC(N)c3ccccc3)CC2)c2cnn(C)c2n1. The van der Waals surface area contributed by atoms with Gasteiger partial charge in [-0.1, -0.05) is 30.3 Å². The number of aryl methyl sites for hydroxylation is 2. The van der Waals surface area contributed by atoms with Crippen molar-refractivity contribution in [1.29, 1.82) is 0 Å². The fourth-order valence-corrected chi connectivity index (χ4v) is 3.66. The van der Waals surface area contributed by atoms with Gasteiger partial charge in [-0.25, -0.2) is 9.97 Å². The Labute approximate surface area is 164 Å². The zero-order chi connectivity index (χ0) is 19.7. The molecule has 3 aromatic rings. The van der Waals surface area contributed by atoms with Crippen molar-refractivity contribution in [2.24, 2.45) is 12.8 Å². The first-order valence-electron chi connectivity index (χ1n) is 9.52. The predicted octanol–water partition coefficient (Wildman–Crippen LogP) is 1.41. The lowest BCUT2D eigenvalue weighted by Gasteiger charge is -2.36. The van der Waals surface area contributed by atoms with Gasteiger partial charge in [-0.2, -0.15) is 5.10 Å². The molecular weight excluding hydrogens is 354 g/mol. The lowest BCUT2D eigenvalue weighted by atomic mass is 10.0. The molecule has 1 unspecified atom stereocenters. The van der Waals surface area contributed by atoms with Crippen molar-refractivity contribution in [2.45, 2.75) is 19.4 Å². The first-order chi connectivity index (χ1) is 13.5. The van der Waals surface area contributed by atoms with E-state index >= 15 is 0 Å². The third kappa shape index (κ3) is 3.55. The molecule has 2 N–H and O–H groups in total. The van der Waals surface area contributed by atoms with Crippen LogP contribution in [0.4, 0.5) is 5.82 Å². The van der Waals surface area contributed by atoms with Crippen LogP contribution in [0.25, 0.3) is 11.0 Å². The zero-order valence-electron chi connectivity index (χ0n) is 16.2. The van der Waals surface area contributed by atoms with Gasteiger partial charge in [0.25, 0.3) is 0 Å². The quantitative estimate of drug-likeness (QED) is 0.737. The van der Waals surface area contributed by atoms with Crippen molar-refractivity contribution in [3.63, 3.8) is 0 Å². The molecule has 1 amide bonds. The van der Waals surface area contributed by atoms with Crippen LogP contribution in [0.1, 0.15) is 23.9 Å². The van der Waals surface area contributed by atoms with Crippen LogP contribution in [0, 0.1) is 6.92 Å². The maximum atomic E-state index is 12.7. The van der Waals surface area contributed by atoms with Gasteiger partial charge in [-0.05, 0) is 12.5 Å². The third-order valence-electron chi connectivity index (χ3n) is 5.24. The van der Waals surface area contributed by atoms with Gasteiger partial charge >= 0.3 is 0 Å². The number of piperazine rings is 1. The summed E-state index contributed by atoms with van der Waals surface area (Å²) < 4.78 is 1.76. The third-order valence-corrected chi connectivity index (χ3v) is 5.24. The Kier molecular flexibility index (Phi) is 4.95. The average molecular weight is 379 g/mol. The van der Waals surface area contributed by atoms with Gasteiger partial charge in [-0.15, -0.1) is 0 Å². The van der Waals surface area contributed by atoms with E-state index in [0.29, 0.717) is 19.5 Å². The second kappa shape index (κ2) is 7.55. The number of nitrogens with zero attached hydrogens (tertiary/aromatic N) is 6. The molecule has 0 spiro atoms. The largest absolute Gasteiger partial charge is 0.352 e. The fraction of sp³-hybridized carbons (Fsp3) is 0.400. The summed E-state index contributed by atoms with van der Waals surface area (Å²) in [5, 5.41) is 5.25. The maximum absolute atomic E-state index is 12.7. The Bertz CT molecular complexity index is 977. The van der Waals surface area contributed by atoms with E-state index in [1.165, 1.54) is 0 Å². The van der Waals surface area contributed by atoms with Gasteiger partial charge in [0.15, 0.2) is 5.65 Å². The van der Waals surface area contributed by atoms with E-state index in [4.69, 9.17) is 5.73 Å². The molecule has 0 radical (unpaired) electrons. The fourth-order valence-electron chi connectivity index (χ4n) is 3.66. The Morgan fingerprint density at radius 2 is 1.86 bits per heavy atom. The van der Waals surface area contributed by atoms with Crippen molar-refractivity contribution in [3.8, 4) is 0 Å². The summed E-state index contributed by atoms with van der Waals surface area (Å²) in [7, 11) is 1.88. The van der Waals surface area contributed by atoms with Gasteiger partial charge in [0, 0.05) is 45.7 Å². The summed E-state index contributed by atoms with van der Waals surface area (Å²) in [6, 6.07) is 9.50. The molecule has 2 aromatic heterocycles. The van der Waals surface area contributed by atoms with E-state index in [9.17, 15) is 4.79 Å². The number of fused-ring (bicyclic) bond motifs is 1. The lowest BCUT2D eigenvalue weighted by Crippen LogP contribution is -2.49. The lowest BCUT2D eigenvalue weighted by molar-refractivity contribution is -0.131. The van der Waals surface area contributed by atoms with Gasteiger partial charge in [0.2, 0.25) is 5.91 Å². The Balaban J connectivity index is 1.42. The molecule has 1 saturated heterocycles. The summed E-state index contributed by atoms with van der Waals surface area (Å²) in [4.78, 5) is 25.9. The maximum Gasteiger partial charge on any atom is 0.224 e. The highest BCUT2D eigenvalue weighted by Crippen LogP contribution is 2.25. The monoisotopic (exact) mass is 379 g/mol. The molecule has 1 fully saturated rings. The normalized spacial score (nSPS) is 15.8. The van der Waals surface area contributed by atoms with Crippen LogP contribution in [-0.4, -0.2) is 56.7 Å². The second-order valence-electron chi connectivity index (χ2n) is 7.19. The average Bonchev–Trinajstić information content (AvgIpc) is 3.09. The molecule has 0 bridgehead atoms. The van der Waals surface area contributed by atoms with Gasteiger partial charge in [0.05, 0.1) is 11.6 Å². The van der Waals surface area contributed by atoms with Crippen LogP contribution in [-0.2, 0) is 11.8 Å². The van der Waals surface area contributed by atoms with Crippen molar-refractivity contribution >= 4 is 22.8 Å². The van der Waals surface area contributed by atoms with E-state index in [-0.39, 0.29) is 11.9 Å². The van der Waals surface area contributed by atoms with E-state index in [1.54, 1.807) is 10.9 Å². The molecule has 8 heteroatoms. The van der Waals surface area contributed by atoms with Crippen molar-refractivity contribution < 1.29 is 4.79 Å². The van der Waals surface area contributed by atoms with Gasteiger partial charge < -0.3 is 15.5 Å². The molecule has 0 saturated carbocycles. The second-order valence-corrected chi connectivity index (χ2v) is 7.19. The summed E-state index contributed by atoms with van der Waals surface area (Å²) in [5.41, 5.74) is 8.04. The molecule has 4 rings (SSSR count). The van der Waals surface area contributed by atoms with Crippen LogP contribution in [0.3, 0.4) is 0 Å². The summed E-state index contributed by atoms with van der Waals surface area (Å²) in [5.74, 6) is 1.71. The molecule has 0 aliphatic carbocycles. The van der Waals surface area contributed by atoms with E-state index in [1.807, 2.05) is 49.2 Å². The van der Waals surface area contributed by atoms with E-state index in [2.05, 4.69) is 20.0 Å². The first-order valence-corrected chi connectivity index (χ1v) is 9.52. The minimum Gasteiger partial charge on any atom is -0.352 e. The Morgan fingerprint density at radius 3 is 2.57 bits per heavy atom. The number of amides is 1. The number of aromatic nitrogens is 4. The van der Waals surface area contributed by atoms with Crippen molar-refractivity contribution in [3.05, 3.63) is 47.9 Å². The summed E-state index contributed by atoms with van der Waals surface area (Å²) in [6.45, 7) is 4.66. The number of hydrogen-bond donors (Lipinski definition) is 1. The number of benzene rings is 1. The first kappa shape index (κ1) is 18.4. The van der Waals surface area contributed by atoms with Crippen molar-refractivity contribution in [2.75, 3.05) is 31.1 Å². The summed E-state index contributed by atoms with van der Waals surface area (Å²) >= 11 is 0. The van der Waals surface area contributed by atoms with Crippen LogP contribution in [0.15, 0.2) is 36.5 Å². The smallest absolute Gasteiger partial charge is 0.224 e. The van der Waals surface area contributed by atoms with Crippen LogP contribution >= 0.6 is 0 Å². The number of carbonyl (C=O) groups excluding carboxylic acids is 1. The topological polar surface area (TPSA) is 93.2 Å². The molecule has 1 aliphatic heterocycles. The van der Waals surface area contributed by atoms with E-state index in [0.717, 1.165) is 41.3 Å². The standard InChI is InChI=1S/C20H25N7O/c1-14-23-19-16(13-22-25(19)2)20(24-14)27-10-8-26(9-11-27)18(28)12-17(21)15-6-4-3-5-7-15/h3-7,13,17H,8-12,21H2,1-2H3. The molecular formula is C20H25N7O. The number of anilines is 1. The van der Waals surface area contributed by atoms with Gasteiger partial charge in [-0.3, -0.25) is 9.48 Å². The number of rotatable bonds is 4. The van der Waals surface area contributed by atoms with Crippen molar-refractivity contribution in [1.82, 2.24) is 24.6 Å².